The third-order valence-corrected chi connectivity index (χ3v) is 7.76. The second-order valence-electron chi connectivity index (χ2n) is 9.45. The van der Waals surface area contributed by atoms with Crippen molar-refractivity contribution < 1.29 is 17.6 Å². The van der Waals surface area contributed by atoms with E-state index in [1.54, 1.807) is 23.1 Å². The summed E-state index contributed by atoms with van der Waals surface area (Å²) in [7, 11) is -3.90. The van der Waals surface area contributed by atoms with Gasteiger partial charge in [-0.25, -0.2) is 8.42 Å². The minimum atomic E-state index is -3.90. The molecule has 0 aliphatic rings. The molecule has 0 N–H and O–H groups in total. The summed E-state index contributed by atoms with van der Waals surface area (Å²) in [5.74, 6) is 1.18. The fraction of sp³-hybridized carbons (Fsp3) is 0.276. The lowest BCUT2D eigenvalue weighted by Crippen LogP contribution is -2.43. The summed E-state index contributed by atoms with van der Waals surface area (Å²) in [4.78, 5) is 15.5. The van der Waals surface area contributed by atoms with E-state index in [4.69, 9.17) is 4.42 Å². The molecule has 3 aromatic carbocycles. The predicted molar refractivity (Wildman–Crippen MR) is 142 cm³/mol. The number of hydrogen-bond acceptors (Lipinski definition) is 4. The number of aryl methyl sites for hydroxylation is 1. The Bertz CT molecular complexity index is 1430. The Balaban J connectivity index is 1.62. The maximum atomic E-state index is 13.7. The van der Waals surface area contributed by atoms with Gasteiger partial charge in [-0.1, -0.05) is 74.5 Å². The highest BCUT2D eigenvalue weighted by Crippen LogP contribution is 2.23. The van der Waals surface area contributed by atoms with Gasteiger partial charge in [-0.05, 0) is 53.4 Å². The molecule has 4 rings (SSSR count). The first-order valence-corrected chi connectivity index (χ1v) is 13.5. The molecule has 36 heavy (non-hydrogen) atoms. The Morgan fingerprint density at radius 2 is 1.56 bits per heavy atom. The van der Waals surface area contributed by atoms with E-state index in [1.165, 1.54) is 4.31 Å². The van der Waals surface area contributed by atoms with Crippen LogP contribution in [0.2, 0.25) is 0 Å². The molecule has 0 radical (unpaired) electrons. The second-order valence-corrected chi connectivity index (χ2v) is 11.4. The monoisotopic (exact) mass is 504 g/mol. The summed E-state index contributed by atoms with van der Waals surface area (Å²) in [5, 5.41) is 1.80. The van der Waals surface area contributed by atoms with E-state index < -0.39 is 10.0 Å². The third-order valence-electron chi connectivity index (χ3n) is 5.95. The largest absolute Gasteiger partial charge is 0.464 e. The van der Waals surface area contributed by atoms with Gasteiger partial charge >= 0.3 is 0 Å². The molecule has 188 valence electrons. The number of fused-ring (bicyclic) bond motifs is 1. The molecule has 1 heterocycles. The summed E-state index contributed by atoms with van der Waals surface area (Å²) in [5.41, 5.74) is 0.960. The van der Waals surface area contributed by atoms with Crippen molar-refractivity contribution in [3.8, 4) is 0 Å². The van der Waals surface area contributed by atoms with Gasteiger partial charge < -0.3 is 9.32 Å². The van der Waals surface area contributed by atoms with Crippen molar-refractivity contribution >= 4 is 26.7 Å². The lowest BCUT2D eigenvalue weighted by Gasteiger charge is -2.28. The van der Waals surface area contributed by atoms with Gasteiger partial charge in [0.25, 0.3) is 0 Å². The summed E-state index contributed by atoms with van der Waals surface area (Å²) in [6.45, 7) is 6.34. The molecule has 0 aliphatic heterocycles. The van der Waals surface area contributed by atoms with Crippen molar-refractivity contribution in [3.05, 3.63) is 102 Å². The molecule has 0 fully saturated rings. The maximum Gasteiger partial charge on any atom is 0.243 e. The van der Waals surface area contributed by atoms with Gasteiger partial charge in [-0.2, -0.15) is 4.31 Å². The zero-order valence-electron chi connectivity index (χ0n) is 20.9. The van der Waals surface area contributed by atoms with E-state index in [2.05, 4.69) is 0 Å². The Morgan fingerprint density at radius 3 is 2.22 bits per heavy atom. The zero-order chi connectivity index (χ0) is 25.7. The van der Waals surface area contributed by atoms with Crippen LogP contribution >= 0.6 is 0 Å². The minimum absolute atomic E-state index is 0.0447. The maximum absolute atomic E-state index is 13.7. The van der Waals surface area contributed by atoms with Gasteiger partial charge in [0.05, 0.1) is 18.0 Å². The third kappa shape index (κ3) is 6.22. The van der Waals surface area contributed by atoms with Gasteiger partial charge in [0.15, 0.2) is 0 Å². The zero-order valence-corrected chi connectivity index (χ0v) is 21.7. The lowest BCUT2D eigenvalue weighted by atomic mass is 10.1. The molecule has 6 nitrogen and oxygen atoms in total. The first kappa shape index (κ1) is 25.7. The summed E-state index contributed by atoms with van der Waals surface area (Å²) in [6, 6.07) is 26.1. The van der Waals surface area contributed by atoms with Gasteiger partial charge in [0, 0.05) is 13.1 Å². The molecule has 7 heteroatoms. The standard InChI is InChI=1S/C29H32N2O4S/c1-22(2)18-31(36(33,34)28-16-14-25-11-7-8-12-26(25)17-28)21-29(32)30(19-24-9-5-4-6-10-24)20-27-15-13-23(3)35-27/h4-17,22H,18-21H2,1-3H3. The van der Waals surface area contributed by atoms with Gasteiger partial charge in [0.2, 0.25) is 15.9 Å². The number of furan rings is 1. The molecule has 1 aromatic heterocycles. The number of sulfonamides is 1. The Kier molecular flexibility index (Phi) is 7.91. The number of carbonyl (C=O) groups is 1. The van der Waals surface area contributed by atoms with E-state index in [-0.39, 0.29) is 36.4 Å². The Labute approximate surface area is 213 Å². The quantitative estimate of drug-likeness (QED) is 0.281. The van der Waals surface area contributed by atoms with Crippen LogP contribution in [0.15, 0.2) is 94.2 Å². The molecule has 1 amide bonds. The minimum Gasteiger partial charge on any atom is -0.464 e. The van der Waals surface area contributed by atoms with Crippen LogP contribution in [0.1, 0.15) is 30.9 Å². The van der Waals surface area contributed by atoms with Crippen LogP contribution in [-0.2, 0) is 27.9 Å². The normalized spacial score (nSPS) is 11.9. The van der Waals surface area contributed by atoms with E-state index in [9.17, 15) is 13.2 Å². The van der Waals surface area contributed by atoms with Crippen LogP contribution in [-0.4, -0.2) is 36.6 Å². The summed E-state index contributed by atoms with van der Waals surface area (Å²) in [6.07, 6.45) is 0. The van der Waals surface area contributed by atoms with Crippen LogP contribution in [0.5, 0.6) is 0 Å². The number of rotatable bonds is 10. The van der Waals surface area contributed by atoms with Crippen molar-refractivity contribution in [1.29, 1.82) is 0 Å². The number of amides is 1. The molecule has 0 bridgehead atoms. The molecule has 0 atom stereocenters. The van der Waals surface area contributed by atoms with E-state index in [0.29, 0.717) is 12.3 Å². The lowest BCUT2D eigenvalue weighted by molar-refractivity contribution is -0.133. The van der Waals surface area contributed by atoms with Crippen molar-refractivity contribution in [2.24, 2.45) is 5.92 Å². The van der Waals surface area contributed by atoms with E-state index in [0.717, 1.165) is 22.1 Å². The molecule has 0 unspecified atom stereocenters. The molecule has 0 saturated carbocycles. The Morgan fingerprint density at radius 1 is 0.861 bits per heavy atom. The smallest absolute Gasteiger partial charge is 0.243 e. The predicted octanol–water partition coefficient (Wildman–Crippen LogP) is 5.62. The van der Waals surface area contributed by atoms with Crippen LogP contribution in [0.3, 0.4) is 0 Å². The average Bonchev–Trinajstić information content (AvgIpc) is 3.27. The SMILES string of the molecule is Cc1ccc(CN(Cc2ccccc2)C(=O)CN(CC(C)C)S(=O)(=O)c2ccc3ccccc3c2)o1. The number of benzene rings is 3. The summed E-state index contributed by atoms with van der Waals surface area (Å²) >= 11 is 0. The van der Waals surface area contributed by atoms with Crippen molar-refractivity contribution in [2.45, 2.75) is 38.8 Å². The molecule has 0 aliphatic carbocycles. The first-order valence-electron chi connectivity index (χ1n) is 12.1. The average molecular weight is 505 g/mol. The van der Waals surface area contributed by atoms with Crippen LogP contribution in [0.4, 0.5) is 0 Å². The van der Waals surface area contributed by atoms with Crippen molar-refractivity contribution in [1.82, 2.24) is 9.21 Å². The topological polar surface area (TPSA) is 70.8 Å². The van der Waals surface area contributed by atoms with Crippen LogP contribution < -0.4 is 0 Å². The van der Waals surface area contributed by atoms with Crippen LogP contribution in [0.25, 0.3) is 10.8 Å². The van der Waals surface area contributed by atoms with Gasteiger partial charge in [0.1, 0.15) is 11.5 Å². The highest BCUT2D eigenvalue weighted by Gasteiger charge is 2.29. The van der Waals surface area contributed by atoms with E-state index >= 15 is 0 Å². The fourth-order valence-corrected chi connectivity index (χ4v) is 5.77. The number of nitrogens with zero attached hydrogens (tertiary/aromatic N) is 2. The first-order chi connectivity index (χ1) is 17.2. The van der Waals surface area contributed by atoms with Gasteiger partial charge in [-0.3, -0.25) is 4.79 Å². The van der Waals surface area contributed by atoms with E-state index in [1.807, 2.05) is 87.5 Å². The molecular weight excluding hydrogens is 472 g/mol. The van der Waals surface area contributed by atoms with Crippen LogP contribution in [0, 0.1) is 12.8 Å². The second kappa shape index (κ2) is 11.1. The van der Waals surface area contributed by atoms with Gasteiger partial charge in [-0.15, -0.1) is 0 Å². The summed E-state index contributed by atoms with van der Waals surface area (Å²) < 4.78 is 34.5. The van der Waals surface area contributed by atoms with Crippen molar-refractivity contribution in [3.63, 3.8) is 0 Å². The van der Waals surface area contributed by atoms with Crippen molar-refractivity contribution in [2.75, 3.05) is 13.1 Å². The molecule has 4 aromatic rings. The highest BCUT2D eigenvalue weighted by molar-refractivity contribution is 7.89. The molecule has 0 spiro atoms. The Hall–Kier alpha value is -3.42. The fourth-order valence-electron chi connectivity index (χ4n) is 4.18. The molecule has 0 saturated heterocycles. The highest BCUT2D eigenvalue weighted by atomic mass is 32.2. The number of carbonyl (C=O) groups excluding carboxylic acids is 1. The number of hydrogen-bond donors (Lipinski definition) is 0. The molecular formula is C29H32N2O4S.